The van der Waals surface area contributed by atoms with Crippen LogP contribution in [-0.2, 0) is 17.9 Å². The molecule has 1 heterocycles. The average molecular weight is 373 g/mol. The lowest BCUT2D eigenvalue weighted by molar-refractivity contribution is -0.126. The van der Waals surface area contributed by atoms with Gasteiger partial charge in [-0.1, -0.05) is 41.9 Å². The lowest BCUT2D eigenvalue weighted by atomic mass is 9.95. The summed E-state index contributed by atoms with van der Waals surface area (Å²) in [5.74, 6) is 1.04. The van der Waals surface area contributed by atoms with Crippen molar-refractivity contribution in [3.63, 3.8) is 0 Å². The van der Waals surface area contributed by atoms with Gasteiger partial charge in [-0.05, 0) is 49.7 Å². The Hall–Kier alpha value is -2.04. The maximum absolute atomic E-state index is 12.5. The van der Waals surface area contributed by atoms with Crippen LogP contribution in [0.5, 0.6) is 5.75 Å². The molecule has 4 nitrogen and oxygen atoms in total. The van der Waals surface area contributed by atoms with E-state index in [-0.39, 0.29) is 11.8 Å². The van der Waals surface area contributed by atoms with Gasteiger partial charge in [-0.2, -0.15) is 0 Å². The molecule has 1 fully saturated rings. The summed E-state index contributed by atoms with van der Waals surface area (Å²) in [6.07, 6.45) is 1.79. The van der Waals surface area contributed by atoms with Crippen LogP contribution in [0.2, 0.25) is 5.02 Å². The minimum absolute atomic E-state index is 0.0891. The number of nitrogens with zero attached hydrogens (tertiary/aromatic N) is 1. The summed E-state index contributed by atoms with van der Waals surface area (Å²) in [5, 5.41) is 3.83. The summed E-state index contributed by atoms with van der Waals surface area (Å²) in [4.78, 5) is 14.9. The van der Waals surface area contributed by atoms with Gasteiger partial charge in [0.1, 0.15) is 5.75 Å². The highest BCUT2D eigenvalue weighted by Gasteiger charge is 2.24. The van der Waals surface area contributed by atoms with Gasteiger partial charge in [0.25, 0.3) is 0 Å². The second kappa shape index (κ2) is 9.06. The number of rotatable bonds is 6. The largest absolute Gasteiger partial charge is 0.496 e. The number of methoxy groups -OCH3 is 1. The van der Waals surface area contributed by atoms with Gasteiger partial charge in [-0.15, -0.1) is 0 Å². The van der Waals surface area contributed by atoms with E-state index in [0.29, 0.717) is 6.54 Å². The minimum atomic E-state index is 0.0891. The Balaban J connectivity index is 1.45. The molecule has 1 amide bonds. The number of carbonyl (C=O) groups is 1. The number of para-hydroxylation sites is 1. The van der Waals surface area contributed by atoms with Crippen molar-refractivity contribution < 1.29 is 9.53 Å². The van der Waals surface area contributed by atoms with E-state index in [4.69, 9.17) is 16.3 Å². The molecule has 3 rings (SSSR count). The molecule has 1 saturated heterocycles. The number of likely N-dealkylation sites (tertiary alicyclic amines) is 1. The summed E-state index contributed by atoms with van der Waals surface area (Å²) >= 11 is 5.94. The number of nitrogens with one attached hydrogen (secondary N) is 1. The third-order valence-corrected chi connectivity index (χ3v) is 5.18. The van der Waals surface area contributed by atoms with E-state index in [9.17, 15) is 4.79 Å². The lowest BCUT2D eigenvalue weighted by Gasteiger charge is -2.31. The van der Waals surface area contributed by atoms with Crippen LogP contribution in [-0.4, -0.2) is 31.0 Å². The second-order valence-corrected chi connectivity index (χ2v) is 7.14. The van der Waals surface area contributed by atoms with Gasteiger partial charge in [-0.25, -0.2) is 0 Å². The van der Waals surface area contributed by atoms with Crippen LogP contribution in [0.3, 0.4) is 0 Å². The smallest absolute Gasteiger partial charge is 0.223 e. The first-order valence-corrected chi connectivity index (χ1v) is 9.40. The van der Waals surface area contributed by atoms with Gasteiger partial charge in [0.15, 0.2) is 0 Å². The number of hydrogen-bond acceptors (Lipinski definition) is 3. The third-order valence-electron chi connectivity index (χ3n) is 4.92. The molecular formula is C21H25ClN2O2. The first-order chi connectivity index (χ1) is 12.7. The number of benzene rings is 2. The van der Waals surface area contributed by atoms with Gasteiger partial charge in [0, 0.05) is 29.6 Å². The van der Waals surface area contributed by atoms with E-state index < -0.39 is 0 Å². The van der Waals surface area contributed by atoms with Crippen molar-refractivity contribution in [2.24, 2.45) is 5.92 Å². The first-order valence-electron chi connectivity index (χ1n) is 9.02. The summed E-state index contributed by atoms with van der Waals surface area (Å²) in [6.45, 7) is 3.30. The maximum Gasteiger partial charge on any atom is 0.223 e. The molecule has 0 aromatic heterocycles. The molecule has 0 atom stereocenters. The highest BCUT2D eigenvalue weighted by molar-refractivity contribution is 6.30. The zero-order valence-corrected chi connectivity index (χ0v) is 15.8. The zero-order valence-electron chi connectivity index (χ0n) is 15.1. The molecule has 0 radical (unpaired) electrons. The summed E-state index contributed by atoms with van der Waals surface area (Å²) in [7, 11) is 1.65. The Bertz CT molecular complexity index is 725. The number of hydrogen-bond donors (Lipinski definition) is 1. The lowest BCUT2D eigenvalue weighted by Crippen LogP contribution is -2.40. The molecule has 1 N–H and O–H groups in total. The molecule has 0 saturated carbocycles. The predicted molar refractivity (Wildman–Crippen MR) is 104 cm³/mol. The molecule has 2 aromatic rings. The SMILES string of the molecule is COc1ccccc1CNC(=O)C1CCN(Cc2ccc(Cl)cc2)CC1. The van der Waals surface area contributed by atoms with Crippen LogP contribution < -0.4 is 10.1 Å². The predicted octanol–water partition coefficient (Wildman–Crippen LogP) is 3.88. The number of halogens is 1. The molecule has 0 unspecified atom stereocenters. The topological polar surface area (TPSA) is 41.6 Å². The molecule has 0 aliphatic carbocycles. The molecular weight excluding hydrogens is 348 g/mol. The van der Waals surface area contributed by atoms with E-state index >= 15 is 0 Å². The maximum atomic E-state index is 12.5. The van der Waals surface area contributed by atoms with Crippen LogP contribution in [0, 0.1) is 5.92 Å². The van der Waals surface area contributed by atoms with E-state index in [1.807, 2.05) is 36.4 Å². The Morgan fingerprint density at radius 1 is 1.15 bits per heavy atom. The Kier molecular flexibility index (Phi) is 6.53. The fourth-order valence-corrected chi connectivity index (χ4v) is 3.50. The number of carbonyl (C=O) groups excluding carboxylic acids is 1. The van der Waals surface area contributed by atoms with Gasteiger partial charge < -0.3 is 10.1 Å². The third kappa shape index (κ3) is 4.99. The molecule has 0 spiro atoms. The highest BCUT2D eigenvalue weighted by Crippen LogP contribution is 2.21. The monoisotopic (exact) mass is 372 g/mol. The molecule has 2 aromatic carbocycles. The average Bonchev–Trinajstić information content (AvgIpc) is 2.68. The van der Waals surface area contributed by atoms with Crippen LogP contribution in [0.15, 0.2) is 48.5 Å². The van der Waals surface area contributed by atoms with E-state index in [1.165, 1.54) is 5.56 Å². The Labute approximate surface area is 160 Å². The number of ether oxygens (including phenoxy) is 1. The van der Waals surface area contributed by atoms with Crippen LogP contribution in [0.1, 0.15) is 24.0 Å². The first kappa shape index (κ1) is 18.7. The standard InChI is InChI=1S/C21H25ClN2O2/c1-26-20-5-3-2-4-18(20)14-23-21(25)17-10-12-24(13-11-17)15-16-6-8-19(22)9-7-16/h2-9,17H,10-15H2,1H3,(H,23,25). The Morgan fingerprint density at radius 3 is 2.54 bits per heavy atom. The van der Waals surface area contributed by atoms with Crippen molar-refractivity contribution in [3.8, 4) is 5.75 Å². The van der Waals surface area contributed by atoms with Crippen LogP contribution in [0.25, 0.3) is 0 Å². The minimum Gasteiger partial charge on any atom is -0.496 e. The summed E-state index contributed by atoms with van der Waals surface area (Å²) in [6, 6.07) is 15.8. The van der Waals surface area contributed by atoms with E-state index in [0.717, 1.165) is 48.8 Å². The van der Waals surface area contributed by atoms with Crippen LogP contribution in [0.4, 0.5) is 0 Å². The van der Waals surface area contributed by atoms with Crippen molar-refractivity contribution in [2.75, 3.05) is 20.2 Å². The fourth-order valence-electron chi connectivity index (χ4n) is 3.38. The van der Waals surface area contributed by atoms with Gasteiger partial charge in [0.2, 0.25) is 5.91 Å². The van der Waals surface area contributed by atoms with Crippen molar-refractivity contribution in [1.82, 2.24) is 10.2 Å². The van der Waals surface area contributed by atoms with Crippen molar-refractivity contribution >= 4 is 17.5 Å². The highest BCUT2D eigenvalue weighted by atomic mass is 35.5. The molecule has 26 heavy (non-hydrogen) atoms. The quantitative estimate of drug-likeness (QED) is 0.836. The van der Waals surface area contributed by atoms with E-state index in [1.54, 1.807) is 7.11 Å². The normalized spacial score (nSPS) is 15.6. The Morgan fingerprint density at radius 2 is 1.85 bits per heavy atom. The van der Waals surface area contributed by atoms with Crippen molar-refractivity contribution in [1.29, 1.82) is 0 Å². The fraction of sp³-hybridized carbons (Fsp3) is 0.381. The summed E-state index contributed by atoms with van der Waals surface area (Å²) in [5.41, 5.74) is 2.26. The van der Waals surface area contributed by atoms with Crippen molar-refractivity contribution in [3.05, 3.63) is 64.7 Å². The number of piperidine rings is 1. The van der Waals surface area contributed by atoms with Crippen molar-refractivity contribution in [2.45, 2.75) is 25.9 Å². The second-order valence-electron chi connectivity index (χ2n) is 6.71. The van der Waals surface area contributed by atoms with Gasteiger partial charge in [0.05, 0.1) is 7.11 Å². The molecule has 138 valence electrons. The molecule has 0 bridgehead atoms. The number of amides is 1. The molecule has 5 heteroatoms. The zero-order chi connectivity index (χ0) is 18.4. The van der Waals surface area contributed by atoms with Gasteiger partial charge >= 0.3 is 0 Å². The molecule has 1 aliphatic rings. The van der Waals surface area contributed by atoms with Gasteiger partial charge in [-0.3, -0.25) is 9.69 Å². The summed E-state index contributed by atoms with van der Waals surface area (Å²) < 4.78 is 5.33. The molecule has 1 aliphatic heterocycles. The van der Waals surface area contributed by atoms with Crippen LogP contribution >= 0.6 is 11.6 Å². The van der Waals surface area contributed by atoms with E-state index in [2.05, 4.69) is 22.3 Å².